The highest BCUT2D eigenvalue weighted by Gasteiger charge is 2.14. The summed E-state index contributed by atoms with van der Waals surface area (Å²) in [5.74, 6) is -1.04. The fraction of sp³-hybridized carbons (Fsp3) is 0.0833. The summed E-state index contributed by atoms with van der Waals surface area (Å²) >= 11 is 0. The number of aromatic nitrogens is 1. The molecule has 2 N–H and O–H groups in total. The van der Waals surface area contributed by atoms with Crippen molar-refractivity contribution >= 4 is 5.69 Å². The molecule has 0 bridgehead atoms. The van der Waals surface area contributed by atoms with E-state index >= 15 is 0 Å². The summed E-state index contributed by atoms with van der Waals surface area (Å²) in [5, 5.41) is 0. The van der Waals surface area contributed by atoms with E-state index in [0.717, 1.165) is 12.3 Å². The molecule has 88 valence electrons. The molecule has 2 aromatic rings. The molecule has 0 aliphatic rings. The number of nitrogen functional groups attached to an aromatic ring is 1. The number of rotatable bonds is 2. The van der Waals surface area contributed by atoms with Crippen LogP contribution in [0.2, 0.25) is 0 Å². The minimum absolute atomic E-state index is 0.0807. The van der Waals surface area contributed by atoms with Crippen molar-refractivity contribution in [2.45, 2.75) is 0 Å². The fourth-order valence-corrected chi connectivity index (χ4v) is 1.53. The number of nitrogens with two attached hydrogens (primary N) is 1. The van der Waals surface area contributed by atoms with E-state index in [1.165, 1.54) is 19.2 Å². The number of anilines is 1. The molecule has 0 saturated carbocycles. The zero-order valence-corrected chi connectivity index (χ0v) is 9.08. The van der Waals surface area contributed by atoms with Crippen molar-refractivity contribution in [2.75, 3.05) is 12.8 Å². The molecule has 0 amide bonds. The van der Waals surface area contributed by atoms with Gasteiger partial charge in [-0.25, -0.2) is 8.78 Å². The molecule has 0 spiro atoms. The van der Waals surface area contributed by atoms with E-state index in [9.17, 15) is 8.78 Å². The first kappa shape index (κ1) is 11.3. The maximum absolute atomic E-state index is 13.9. The van der Waals surface area contributed by atoms with Gasteiger partial charge in [0.2, 0.25) is 0 Å². The Morgan fingerprint density at radius 1 is 1.29 bits per heavy atom. The number of nitrogens with zero attached hydrogens (tertiary/aromatic N) is 1. The van der Waals surface area contributed by atoms with Crippen LogP contribution in [-0.4, -0.2) is 12.1 Å². The molecule has 0 aliphatic heterocycles. The largest absolute Gasteiger partial charge is 0.494 e. The standard InChI is InChI=1S/C12H10F2N2O/c1-17-10-4-2-3-8(11(10)14)12-9(15)5-7(13)6-16-12/h2-6H,15H2,1H3. The molecule has 0 radical (unpaired) electrons. The summed E-state index contributed by atoms with van der Waals surface area (Å²) in [6, 6.07) is 5.70. The summed E-state index contributed by atoms with van der Waals surface area (Å²) in [6.07, 6.45) is 0.991. The van der Waals surface area contributed by atoms with Crippen molar-refractivity contribution in [2.24, 2.45) is 0 Å². The van der Waals surface area contributed by atoms with Crippen molar-refractivity contribution in [3.05, 3.63) is 42.1 Å². The van der Waals surface area contributed by atoms with Gasteiger partial charge >= 0.3 is 0 Å². The van der Waals surface area contributed by atoms with Crippen LogP contribution in [0.15, 0.2) is 30.5 Å². The predicted octanol–water partition coefficient (Wildman–Crippen LogP) is 2.62. The van der Waals surface area contributed by atoms with Crippen LogP contribution in [0.25, 0.3) is 11.3 Å². The van der Waals surface area contributed by atoms with Crippen molar-refractivity contribution < 1.29 is 13.5 Å². The van der Waals surface area contributed by atoms with Gasteiger partial charge in [0, 0.05) is 11.6 Å². The summed E-state index contributed by atoms with van der Waals surface area (Å²) in [5.41, 5.74) is 6.06. The van der Waals surface area contributed by atoms with E-state index in [4.69, 9.17) is 10.5 Å². The van der Waals surface area contributed by atoms with E-state index in [1.54, 1.807) is 6.07 Å². The van der Waals surface area contributed by atoms with Crippen LogP contribution in [-0.2, 0) is 0 Å². The Kier molecular flexibility index (Phi) is 2.91. The van der Waals surface area contributed by atoms with Crippen LogP contribution in [0.4, 0.5) is 14.5 Å². The van der Waals surface area contributed by atoms with Gasteiger partial charge in [-0.2, -0.15) is 0 Å². The van der Waals surface area contributed by atoms with Gasteiger partial charge in [-0.15, -0.1) is 0 Å². The van der Waals surface area contributed by atoms with E-state index < -0.39 is 11.6 Å². The number of methoxy groups -OCH3 is 1. The van der Waals surface area contributed by atoms with E-state index in [0.29, 0.717) is 0 Å². The monoisotopic (exact) mass is 236 g/mol. The fourth-order valence-electron chi connectivity index (χ4n) is 1.53. The molecule has 0 aliphatic carbocycles. The highest BCUT2D eigenvalue weighted by atomic mass is 19.1. The smallest absolute Gasteiger partial charge is 0.174 e. The third kappa shape index (κ3) is 2.04. The lowest BCUT2D eigenvalue weighted by molar-refractivity contribution is 0.387. The molecule has 2 rings (SSSR count). The van der Waals surface area contributed by atoms with E-state index in [-0.39, 0.29) is 22.7 Å². The van der Waals surface area contributed by atoms with Gasteiger partial charge in [-0.3, -0.25) is 4.98 Å². The lowest BCUT2D eigenvalue weighted by Gasteiger charge is -2.08. The zero-order valence-electron chi connectivity index (χ0n) is 9.08. The molecule has 1 heterocycles. The highest BCUT2D eigenvalue weighted by molar-refractivity contribution is 5.73. The molecule has 17 heavy (non-hydrogen) atoms. The summed E-state index contributed by atoms with van der Waals surface area (Å²) in [4.78, 5) is 3.79. The summed E-state index contributed by atoms with van der Waals surface area (Å²) < 4.78 is 31.6. The first-order valence-corrected chi connectivity index (χ1v) is 4.87. The number of pyridine rings is 1. The second-order valence-electron chi connectivity index (χ2n) is 3.41. The minimum atomic E-state index is -0.569. The summed E-state index contributed by atoms with van der Waals surface area (Å²) in [7, 11) is 1.36. The molecule has 1 aromatic carbocycles. The van der Waals surface area contributed by atoms with Crippen molar-refractivity contribution in [3.63, 3.8) is 0 Å². The van der Waals surface area contributed by atoms with Crippen LogP contribution in [0, 0.1) is 11.6 Å². The van der Waals surface area contributed by atoms with Gasteiger partial charge in [0.25, 0.3) is 0 Å². The lowest BCUT2D eigenvalue weighted by Crippen LogP contribution is -1.98. The Labute approximate surface area is 96.9 Å². The number of hydrogen-bond acceptors (Lipinski definition) is 3. The third-order valence-electron chi connectivity index (χ3n) is 2.32. The van der Waals surface area contributed by atoms with Gasteiger partial charge in [0.05, 0.1) is 24.7 Å². The Balaban J connectivity index is 2.60. The number of benzene rings is 1. The molecule has 0 atom stereocenters. The lowest BCUT2D eigenvalue weighted by atomic mass is 10.1. The average Bonchev–Trinajstić information content (AvgIpc) is 2.30. The Bertz CT molecular complexity index is 558. The molecule has 0 saturated heterocycles. The Morgan fingerprint density at radius 3 is 2.71 bits per heavy atom. The van der Waals surface area contributed by atoms with Crippen molar-refractivity contribution in [3.8, 4) is 17.0 Å². The van der Waals surface area contributed by atoms with Crippen LogP contribution < -0.4 is 10.5 Å². The van der Waals surface area contributed by atoms with Gasteiger partial charge < -0.3 is 10.5 Å². The Morgan fingerprint density at radius 2 is 2.06 bits per heavy atom. The second-order valence-corrected chi connectivity index (χ2v) is 3.41. The maximum atomic E-state index is 13.9. The number of ether oxygens (including phenoxy) is 1. The molecule has 3 nitrogen and oxygen atoms in total. The molecular weight excluding hydrogens is 226 g/mol. The molecule has 1 aromatic heterocycles. The summed E-state index contributed by atoms with van der Waals surface area (Å²) in [6.45, 7) is 0. The molecule has 5 heteroatoms. The normalized spacial score (nSPS) is 10.3. The maximum Gasteiger partial charge on any atom is 0.174 e. The van der Waals surface area contributed by atoms with Crippen LogP contribution in [0.3, 0.4) is 0 Å². The quantitative estimate of drug-likeness (QED) is 0.871. The van der Waals surface area contributed by atoms with Gasteiger partial charge in [0.1, 0.15) is 5.82 Å². The minimum Gasteiger partial charge on any atom is -0.494 e. The van der Waals surface area contributed by atoms with Crippen LogP contribution >= 0.6 is 0 Å². The van der Waals surface area contributed by atoms with E-state index in [2.05, 4.69) is 4.98 Å². The first-order valence-electron chi connectivity index (χ1n) is 4.87. The van der Waals surface area contributed by atoms with Crippen LogP contribution in [0.1, 0.15) is 0 Å². The molecule has 0 fully saturated rings. The van der Waals surface area contributed by atoms with Crippen molar-refractivity contribution in [1.82, 2.24) is 4.98 Å². The average molecular weight is 236 g/mol. The van der Waals surface area contributed by atoms with Crippen molar-refractivity contribution in [1.29, 1.82) is 0 Å². The molecule has 0 unspecified atom stereocenters. The number of hydrogen-bond donors (Lipinski definition) is 1. The van der Waals surface area contributed by atoms with Gasteiger partial charge in [-0.05, 0) is 12.1 Å². The Hall–Kier alpha value is -2.17. The van der Waals surface area contributed by atoms with Crippen LogP contribution in [0.5, 0.6) is 5.75 Å². The topological polar surface area (TPSA) is 48.1 Å². The predicted molar refractivity (Wildman–Crippen MR) is 60.6 cm³/mol. The number of halogens is 2. The first-order chi connectivity index (χ1) is 8.13. The zero-order chi connectivity index (χ0) is 12.4. The van der Waals surface area contributed by atoms with Gasteiger partial charge in [0.15, 0.2) is 11.6 Å². The third-order valence-corrected chi connectivity index (χ3v) is 2.32. The second kappa shape index (κ2) is 4.37. The van der Waals surface area contributed by atoms with E-state index in [1.807, 2.05) is 0 Å². The highest BCUT2D eigenvalue weighted by Crippen LogP contribution is 2.30. The van der Waals surface area contributed by atoms with Gasteiger partial charge in [-0.1, -0.05) is 6.07 Å². The SMILES string of the molecule is COc1cccc(-c2ncc(F)cc2N)c1F. The molecular formula is C12H10F2N2O.